The van der Waals surface area contributed by atoms with Crippen molar-refractivity contribution >= 4 is 18.9 Å². The van der Waals surface area contributed by atoms with Gasteiger partial charge in [-0.2, -0.15) is 0 Å². The van der Waals surface area contributed by atoms with Gasteiger partial charge in [-0.3, -0.25) is 10.8 Å². The van der Waals surface area contributed by atoms with E-state index >= 15 is 0 Å². The van der Waals surface area contributed by atoms with Gasteiger partial charge >= 0.3 is 7.12 Å². The third kappa shape index (κ3) is 2.97. The maximum Gasteiger partial charge on any atom is 0.487 e. The van der Waals surface area contributed by atoms with Crippen molar-refractivity contribution in [2.24, 2.45) is 5.84 Å². The number of hydrogen-bond acceptors (Lipinski definition) is 5. The van der Waals surface area contributed by atoms with Gasteiger partial charge in [0.1, 0.15) is 0 Å². The van der Waals surface area contributed by atoms with E-state index in [9.17, 15) is 0 Å². The molecule has 19 heavy (non-hydrogen) atoms. The van der Waals surface area contributed by atoms with E-state index < -0.39 is 0 Å². The van der Waals surface area contributed by atoms with Crippen LogP contribution in [0.3, 0.4) is 0 Å². The van der Waals surface area contributed by atoms with Gasteiger partial charge in [-0.05, 0) is 45.9 Å². The van der Waals surface area contributed by atoms with Crippen LogP contribution in [0.1, 0.15) is 33.4 Å². The molecule has 1 fully saturated rings. The van der Waals surface area contributed by atoms with Gasteiger partial charge in [0.25, 0.3) is 0 Å². The van der Waals surface area contributed by atoms with E-state index in [4.69, 9.17) is 15.2 Å². The summed E-state index contributed by atoms with van der Waals surface area (Å²) in [6.45, 7) is 8.10. The predicted octanol–water partition coefficient (Wildman–Crippen LogP) is 2.01. The number of hydrazine groups is 1. The monoisotopic (exact) mass is 261 g/mol. The molecular formula is C13H20BN3O2. The van der Waals surface area contributed by atoms with E-state index in [0.29, 0.717) is 0 Å². The number of hydrogen-bond donors (Lipinski definition) is 2. The summed E-state index contributed by atoms with van der Waals surface area (Å²) in [7, 11) is -0.360. The highest BCUT2D eigenvalue weighted by Gasteiger charge is 2.49. The first kappa shape index (κ1) is 14.1. The van der Waals surface area contributed by atoms with Crippen LogP contribution in [0.15, 0.2) is 24.3 Å². The van der Waals surface area contributed by atoms with Crippen molar-refractivity contribution in [3.8, 4) is 0 Å². The second-order valence-electron chi connectivity index (χ2n) is 5.60. The van der Waals surface area contributed by atoms with Crippen LogP contribution in [-0.2, 0) is 9.31 Å². The van der Waals surface area contributed by atoms with Gasteiger partial charge < -0.3 is 14.7 Å². The molecule has 0 aliphatic carbocycles. The van der Waals surface area contributed by atoms with E-state index in [0.717, 1.165) is 11.4 Å². The average Bonchev–Trinajstić information content (AvgIpc) is 2.56. The lowest BCUT2D eigenvalue weighted by Crippen LogP contribution is -2.41. The molecule has 2 rings (SSSR count). The Balaban J connectivity index is 2.08. The minimum atomic E-state index is -0.360. The molecule has 0 spiro atoms. The van der Waals surface area contributed by atoms with Crippen LogP contribution in [-0.4, -0.2) is 23.3 Å². The lowest BCUT2D eigenvalue weighted by Gasteiger charge is -2.32. The first-order chi connectivity index (χ1) is 8.84. The second-order valence-corrected chi connectivity index (χ2v) is 5.60. The summed E-state index contributed by atoms with van der Waals surface area (Å²) in [5, 5.41) is 0. The Labute approximate surface area is 114 Å². The van der Waals surface area contributed by atoms with Crippen LogP contribution in [0.2, 0.25) is 0 Å². The molecule has 1 aromatic rings. The summed E-state index contributed by atoms with van der Waals surface area (Å²) in [6.07, 6.45) is 3.56. The molecule has 0 amide bonds. The first-order valence-corrected chi connectivity index (χ1v) is 6.30. The van der Waals surface area contributed by atoms with Gasteiger partial charge in [0.2, 0.25) is 0 Å². The minimum absolute atomic E-state index is 0.323. The molecule has 1 aliphatic heterocycles. The van der Waals surface area contributed by atoms with Gasteiger partial charge in [-0.1, -0.05) is 5.98 Å². The van der Waals surface area contributed by atoms with Crippen molar-refractivity contribution in [1.29, 1.82) is 0 Å². The number of nitrogens with two attached hydrogens (primary N) is 1. The average molecular weight is 261 g/mol. The van der Waals surface area contributed by atoms with Gasteiger partial charge in [-0.15, -0.1) is 0 Å². The van der Waals surface area contributed by atoms with Crippen LogP contribution >= 0.6 is 0 Å². The van der Waals surface area contributed by atoms with Crippen molar-refractivity contribution in [2.45, 2.75) is 38.9 Å². The fourth-order valence-corrected chi connectivity index (χ4v) is 1.77. The highest BCUT2D eigenvalue weighted by Crippen LogP contribution is 2.36. The van der Waals surface area contributed by atoms with Crippen LogP contribution in [0.5, 0.6) is 0 Å². The summed E-state index contributed by atoms with van der Waals surface area (Å²) < 4.78 is 11.7. The number of nitrogen functional groups attached to an aromatic ring is 1. The molecule has 0 aromatic carbocycles. The van der Waals surface area contributed by atoms with Crippen LogP contribution < -0.4 is 11.3 Å². The summed E-state index contributed by atoms with van der Waals surface area (Å²) in [5.74, 6) is 7.22. The van der Waals surface area contributed by atoms with Gasteiger partial charge in [0.15, 0.2) is 0 Å². The van der Waals surface area contributed by atoms with E-state index in [-0.39, 0.29) is 18.3 Å². The molecule has 1 aromatic heterocycles. The van der Waals surface area contributed by atoms with E-state index in [1.807, 2.05) is 45.8 Å². The Morgan fingerprint density at radius 1 is 1.26 bits per heavy atom. The molecule has 0 bridgehead atoms. The molecule has 0 radical (unpaired) electrons. The van der Waals surface area contributed by atoms with Gasteiger partial charge in [-0.25, -0.2) is 0 Å². The zero-order valence-electron chi connectivity index (χ0n) is 11.8. The molecule has 0 unspecified atom stereocenters. The summed E-state index contributed by atoms with van der Waals surface area (Å²) in [5.41, 5.74) is 3.54. The van der Waals surface area contributed by atoms with E-state index in [1.54, 1.807) is 12.3 Å². The van der Waals surface area contributed by atoms with Crippen LogP contribution in [0, 0.1) is 0 Å². The fraction of sp³-hybridized carbons (Fsp3) is 0.462. The van der Waals surface area contributed by atoms with Crippen LogP contribution in [0.25, 0.3) is 6.08 Å². The van der Waals surface area contributed by atoms with Crippen molar-refractivity contribution in [3.63, 3.8) is 0 Å². The highest BCUT2D eigenvalue weighted by molar-refractivity contribution is 6.52. The Morgan fingerprint density at radius 3 is 2.47 bits per heavy atom. The largest absolute Gasteiger partial charge is 0.487 e. The summed E-state index contributed by atoms with van der Waals surface area (Å²) in [4.78, 5) is 4.23. The first-order valence-electron chi connectivity index (χ1n) is 6.30. The predicted molar refractivity (Wildman–Crippen MR) is 77.2 cm³/mol. The topological polar surface area (TPSA) is 69.4 Å². The van der Waals surface area contributed by atoms with E-state index in [2.05, 4.69) is 10.4 Å². The number of rotatable bonds is 3. The number of aromatic nitrogens is 1. The quantitative estimate of drug-likeness (QED) is 0.495. The zero-order valence-corrected chi connectivity index (χ0v) is 11.8. The molecular weight excluding hydrogens is 241 g/mol. The van der Waals surface area contributed by atoms with Crippen molar-refractivity contribution in [3.05, 3.63) is 30.0 Å². The van der Waals surface area contributed by atoms with Crippen LogP contribution in [0.4, 0.5) is 5.69 Å². The lowest BCUT2D eigenvalue weighted by molar-refractivity contribution is 0.00578. The Hall–Kier alpha value is -1.37. The van der Waals surface area contributed by atoms with Crippen molar-refractivity contribution in [2.75, 3.05) is 5.43 Å². The summed E-state index contributed by atoms with van der Waals surface area (Å²) >= 11 is 0. The second kappa shape index (κ2) is 4.96. The molecule has 102 valence electrons. The molecule has 2 heterocycles. The smallest absolute Gasteiger partial charge is 0.400 e. The highest BCUT2D eigenvalue weighted by atomic mass is 16.7. The third-order valence-electron chi connectivity index (χ3n) is 3.64. The number of pyridine rings is 1. The standard InChI is InChI=1S/C13H20BN3O2/c1-12(2)13(3,4)19-14(18-12)7-5-10-9-11(17-15)6-8-16-10/h5-9H,15H2,1-4H3,(H,16,17)/b7-5+. The lowest BCUT2D eigenvalue weighted by atomic mass is 9.89. The molecule has 1 saturated heterocycles. The summed E-state index contributed by atoms with van der Waals surface area (Å²) in [6, 6.07) is 3.65. The number of nitrogens with zero attached hydrogens (tertiary/aromatic N) is 1. The van der Waals surface area contributed by atoms with Gasteiger partial charge in [0, 0.05) is 6.20 Å². The zero-order chi connectivity index (χ0) is 14.1. The maximum atomic E-state index is 5.87. The molecule has 6 heteroatoms. The normalized spacial score (nSPS) is 21.0. The number of nitrogens with one attached hydrogen (secondary N) is 1. The van der Waals surface area contributed by atoms with E-state index in [1.165, 1.54) is 0 Å². The molecule has 3 N–H and O–H groups in total. The Bertz CT molecular complexity index is 473. The van der Waals surface area contributed by atoms with Crippen molar-refractivity contribution < 1.29 is 9.31 Å². The molecule has 1 aliphatic rings. The minimum Gasteiger partial charge on any atom is -0.400 e. The fourth-order valence-electron chi connectivity index (χ4n) is 1.77. The molecule has 0 saturated carbocycles. The Morgan fingerprint density at radius 2 is 1.89 bits per heavy atom. The molecule has 0 atom stereocenters. The molecule has 5 nitrogen and oxygen atoms in total. The van der Waals surface area contributed by atoms with Gasteiger partial charge in [0.05, 0.1) is 22.6 Å². The maximum absolute atomic E-state index is 5.87. The van der Waals surface area contributed by atoms with Crippen molar-refractivity contribution in [1.82, 2.24) is 4.98 Å². The number of anilines is 1. The Kier molecular flexibility index (Phi) is 3.67. The SMILES string of the molecule is CC1(C)OB(/C=C/c2cc(NN)ccn2)OC1(C)C. The third-order valence-corrected chi connectivity index (χ3v) is 3.64.